The molecular formula is C16H17ClN2O2. The van der Waals surface area contributed by atoms with Crippen molar-refractivity contribution in [3.8, 4) is 0 Å². The van der Waals surface area contributed by atoms with Crippen LogP contribution < -0.4 is 0 Å². The lowest BCUT2D eigenvalue weighted by Gasteiger charge is -2.31. The van der Waals surface area contributed by atoms with Gasteiger partial charge in [0.25, 0.3) is 5.91 Å². The predicted octanol–water partition coefficient (Wildman–Crippen LogP) is 2.73. The van der Waals surface area contributed by atoms with Gasteiger partial charge in [-0.15, -0.1) is 0 Å². The van der Waals surface area contributed by atoms with E-state index in [1.54, 1.807) is 12.1 Å². The van der Waals surface area contributed by atoms with Gasteiger partial charge in [0, 0.05) is 30.6 Å². The van der Waals surface area contributed by atoms with Crippen molar-refractivity contribution in [2.24, 2.45) is 5.92 Å². The Morgan fingerprint density at radius 3 is 2.76 bits per heavy atom. The van der Waals surface area contributed by atoms with E-state index in [4.69, 9.17) is 16.7 Å². The van der Waals surface area contributed by atoms with E-state index < -0.39 is 0 Å². The molecule has 0 spiro atoms. The van der Waals surface area contributed by atoms with E-state index in [0.717, 1.165) is 23.7 Å². The minimum Gasteiger partial charge on any atom is -0.396 e. The maximum atomic E-state index is 12.5. The average Bonchev–Trinajstić information content (AvgIpc) is 2.53. The molecule has 5 heteroatoms. The smallest absolute Gasteiger partial charge is 0.253 e. The summed E-state index contributed by atoms with van der Waals surface area (Å²) in [7, 11) is 0. The van der Waals surface area contributed by atoms with Crippen molar-refractivity contribution in [1.82, 2.24) is 9.88 Å². The van der Waals surface area contributed by atoms with Gasteiger partial charge in [-0.25, -0.2) is 4.98 Å². The summed E-state index contributed by atoms with van der Waals surface area (Å²) >= 11 is 5.86. The summed E-state index contributed by atoms with van der Waals surface area (Å²) in [4.78, 5) is 18.6. The Morgan fingerprint density at radius 1 is 1.29 bits per heavy atom. The van der Waals surface area contributed by atoms with Crippen LogP contribution in [0.25, 0.3) is 10.9 Å². The molecule has 1 amide bonds. The van der Waals surface area contributed by atoms with Crippen LogP contribution in [-0.4, -0.2) is 40.6 Å². The van der Waals surface area contributed by atoms with Gasteiger partial charge in [0.15, 0.2) is 0 Å². The average molecular weight is 305 g/mol. The zero-order chi connectivity index (χ0) is 14.8. The number of aliphatic hydroxyl groups excluding tert-OH is 1. The summed E-state index contributed by atoms with van der Waals surface area (Å²) in [6, 6.07) is 9.09. The van der Waals surface area contributed by atoms with E-state index >= 15 is 0 Å². The first-order valence-electron chi connectivity index (χ1n) is 7.14. The molecule has 4 nitrogen and oxygen atoms in total. The Bertz CT molecular complexity index is 666. The van der Waals surface area contributed by atoms with Gasteiger partial charge >= 0.3 is 0 Å². The normalized spacial score (nSPS) is 16.4. The van der Waals surface area contributed by atoms with Crippen molar-refractivity contribution in [3.05, 3.63) is 41.0 Å². The highest BCUT2D eigenvalue weighted by atomic mass is 35.5. The highest BCUT2D eigenvalue weighted by Crippen LogP contribution is 2.21. The maximum Gasteiger partial charge on any atom is 0.253 e. The topological polar surface area (TPSA) is 53.4 Å². The molecule has 1 fully saturated rings. The Hall–Kier alpha value is -1.65. The van der Waals surface area contributed by atoms with Gasteiger partial charge in [-0.2, -0.15) is 0 Å². The fraction of sp³-hybridized carbons (Fsp3) is 0.375. The van der Waals surface area contributed by atoms with E-state index in [2.05, 4.69) is 4.98 Å². The van der Waals surface area contributed by atoms with Crippen LogP contribution in [-0.2, 0) is 0 Å². The fourth-order valence-corrected chi connectivity index (χ4v) is 2.89. The number of amides is 1. The predicted molar refractivity (Wildman–Crippen MR) is 82.5 cm³/mol. The Balaban J connectivity index is 1.80. The number of carbonyl (C=O) groups excluding carboxylic acids is 1. The number of halogens is 1. The Kier molecular flexibility index (Phi) is 4.08. The number of nitrogens with zero attached hydrogens (tertiary/aromatic N) is 2. The van der Waals surface area contributed by atoms with Gasteiger partial charge in [0.1, 0.15) is 5.15 Å². The van der Waals surface area contributed by atoms with Crippen molar-refractivity contribution >= 4 is 28.4 Å². The summed E-state index contributed by atoms with van der Waals surface area (Å²) in [6.45, 7) is 1.63. The van der Waals surface area contributed by atoms with E-state index in [9.17, 15) is 4.79 Å². The van der Waals surface area contributed by atoms with Gasteiger partial charge < -0.3 is 10.0 Å². The molecular weight excluding hydrogens is 288 g/mol. The molecule has 2 heterocycles. The lowest BCUT2D eigenvalue weighted by atomic mass is 9.97. The number of piperidine rings is 1. The molecule has 0 bridgehead atoms. The third kappa shape index (κ3) is 3.01. The summed E-state index contributed by atoms with van der Waals surface area (Å²) in [6.07, 6.45) is 1.74. The van der Waals surface area contributed by atoms with Gasteiger partial charge in [-0.1, -0.05) is 11.6 Å². The van der Waals surface area contributed by atoms with Crippen LogP contribution >= 0.6 is 11.6 Å². The number of hydrogen-bond donors (Lipinski definition) is 1. The SMILES string of the molecule is O=C(c1ccc2nc(Cl)ccc2c1)N1CCC(CO)CC1. The minimum absolute atomic E-state index is 0.0447. The number of aromatic nitrogens is 1. The van der Waals surface area contributed by atoms with Gasteiger partial charge in [-0.3, -0.25) is 4.79 Å². The molecule has 1 N–H and O–H groups in total. The highest BCUT2D eigenvalue weighted by Gasteiger charge is 2.23. The number of carbonyl (C=O) groups is 1. The first-order chi connectivity index (χ1) is 10.2. The zero-order valence-electron chi connectivity index (χ0n) is 11.6. The molecule has 1 aromatic heterocycles. The number of likely N-dealkylation sites (tertiary alicyclic amines) is 1. The fourth-order valence-electron chi connectivity index (χ4n) is 2.73. The number of pyridine rings is 1. The lowest BCUT2D eigenvalue weighted by molar-refractivity contribution is 0.0651. The van der Waals surface area contributed by atoms with E-state index in [0.29, 0.717) is 29.7 Å². The van der Waals surface area contributed by atoms with E-state index in [1.165, 1.54) is 0 Å². The van der Waals surface area contributed by atoms with E-state index in [1.807, 2.05) is 23.1 Å². The summed E-state index contributed by atoms with van der Waals surface area (Å²) in [5.41, 5.74) is 1.46. The number of fused-ring (bicyclic) bond motifs is 1. The van der Waals surface area contributed by atoms with Crippen molar-refractivity contribution < 1.29 is 9.90 Å². The van der Waals surface area contributed by atoms with E-state index in [-0.39, 0.29) is 12.5 Å². The first-order valence-corrected chi connectivity index (χ1v) is 7.51. The molecule has 1 saturated heterocycles. The second kappa shape index (κ2) is 6.00. The maximum absolute atomic E-state index is 12.5. The first kappa shape index (κ1) is 14.3. The van der Waals surface area contributed by atoms with Crippen LogP contribution in [0.15, 0.2) is 30.3 Å². The molecule has 110 valence electrons. The van der Waals surface area contributed by atoms with Gasteiger partial charge in [-0.05, 0) is 49.1 Å². The van der Waals surface area contributed by atoms with Crippen molar-refractivity contribution in [2.45, 2.75) is 12.8 Å². The minimum atomic E-state index is 0.0447. The summed E-state index contributed by atoms with van der Waals surface area (Å²) < 4.78 is 0. The highest BCUT2D eigenvalue weighted by molar-refractivity contribution is 6.29. The number of rotatable bonds is 2. The second-order valence-corrected chi connectivity index (χ2v) is 5.85. The molecule has 0 radical (unpaired) electrons. The number of hydrogen-bond acceptors (Lipinski definition) is 3. The molecule has 3 rings (SSSR count). The molecule has 21 heavy (non-hydrogen) atoms. The van der Waals surface area contributed by atoms with Gasteiger partial charge in [0.2, 0.25) is 0 Å². The molecule has 1 aliphatic heterocycles. The van der Waals surface area contributed by atoms with Gasteiger partial charge in [0.05, 0.1) is 5.52 Å². The monoisotopic (exact) mass is 304 g/mol. The third-order valence-electron chi connectivity index (χ3n) is 4.06. The molecule has 1 aliphatic rings. The van der Waals surface area contributed by atoms with Crippen molar-refractivity contribution in [1.29, 1.82) is 0 Å². The lowest BCUT2D eigenvalue weighted by Crippen LogP contribution is -2.39. The Morgan fingerprint density at radius 2 is 2.05 bits per heavy atom. The standard InChI is InChI=1S/C16H17ClN2O2/c17-15-4-2-12-9-13(1-3-14(12)18-15)16(21)19-7-5-11(10-20)6-8-19/h1-4,9,11,20H,5-8,10H2. The van der Waals surface area contributed by atoms with Crippen LogP contribution in [0.2, 0.25) is 5.15 Å². The summed E-state index contributed by atoms with van der Waals surface area (Å²) in [5.74, 6) is 0.375. The number of aliphatic hydroxyl groups is 1. The quantitative estimate of drug-likeness (QED) is 0.868. The Labute approximate surface area is 128 Å². The molecule has 0 unspecified atom stereocenters. The number of benzene rings is 1. The van der Waals surface area contributed by atoms with Crippen molar-refractivity contribution in [2.75, 3.05) is 19.7 Å². The zero-order valence-corrected chi connectivity index (χ0v) is 12.4. The van der Waals surface area contributed by atoms with Crippen LogP contribution in [0, 0.1) is 5.92 Å². The van der Waals surface area contributed by atoms with Crippen LogP contribution in [0.3, 0.4) is 0 Å². The van der Waals surface area contributed by atoms with Crippen LogP contribution in [0.5, 0.6) is 0 Å². The molecule has 1 aromatic carbocycles. The van der Waals surface area contributed by atoms with Crippen molar-refractivity contribution in [3.63, 3.8) is 0 Å². The largest absolute Gasteiger partial charge is 0.396 e. The third-order valence-corrected chi connectivity index (χ3v) is 4.27. The molecule has 0 atom stereocenters. The van der Waals surface area contributed by atoms with Crippen LogP contribution in [0.4, 0.5) is 0 Å². The molecule has 0 aliphatic carbocycles. The molecule has 2 aromatic rings. The second-order valence-electron chi connectivity index (χ2n) is 5.46. The summed E-state index contributed by atoms with van der Waals surface area (Å²) in [5, 5.41) is 10.5. The van der Waals surface area contributed by atoms with Crippen LogP contribution in [0.1, 0.15) is 23.2 Å². The molecule has 0 saturated carbocycles.